The molecule has 0 amide bonds. The lowest BCUT2D eigenvalue weighted by Gasteiger charge is -2.05. The molecule has 0 fully saturated rings. The van der Waals surface area contributed by atoms with E-state index in [1.54, 1.807) is 0 Å². The molecule has 1 aromatic heterocycles. The van der Waals surface area contributed by atoms with Gasteiger partial charge in [0, 0.05) is 5.56 Å². The molecule has 2 aromatic rings. The highest BCUT2D eigenvalue weighted by atomic mass is 32.1. The monoisotopic (exact) mass is 236 g/mol. The standard InChI is InChI=1S/C12H13FN2S/c1-7(2)8-3-5-9(6-4-8)10-11(13)16-12(14)15-10/h3-7H,1-2H3,(H2,14,15). The van der Waals surface area contributed by atoms with Gasteiger partial charge in [-0.05, 0) is 11.5 Å². The topological polar surface area (TPSA) is 38.9 Å². The molecule has 0 atom stereocenters. The molecule has 0 spiro atoms. The van der Waals surface area contributed by atoms with Gasteiger partial charge in [0.1, 0.15) is 5.69 Å². The quantitative estimate of drug-likeness (QED) is 0.864. The summed E-state index contributed by atoms with van der Waals surface area (Å²) in [5, 5.41) is -0.0600. The predicted octanol–water partition coefficient (Wildman–Crippen LogP) is 3.65. The van der Waals surface area contributed by atoms with Crippen LogP contribution in [0.4, 0.5) is 9.52 Å². The first-order chi connectivity index (χ1) is 7.58. The molecular formula is C12H13FN2S. The number of halogens is 1. The second-order valence-corrected chi connectivity index (χ2v) is 4.93. The summed E-state index contributed by atoms with van der Waals surface area (Å²) in [5.41, 5.74) is 7.81. The van der Waals surface area contributed by atoms with Gasteiger partial charge < -0.3 is 5.73 Å². The molecule has 0 bridgehead atoms. The maximum atomic E-state index is 13.4. The Morgan fingerprint density at radius 2 is 1.88 bits per heavy atom. The predicted molar refractivity (Wildman–Crippen MR) is 66.0 cm³/mol. The molecule has 1 heterocycles. The number of rotatable bonds is 2. The van der Waals surface area contributed by atoms with Crippen LogP contribution in [0.5, 0.6) is 0 Å². The summed E-state index contributed by atoms with van der Waals surface area (Å²) < 4.78 is 13.4. The van der Waals surface area contributed by atoms with Gasteiger partial charge in [-0.25, -0.2) is 4.98 Å². The van der Waals surface area contributed by atoms with Gasteiger partial charge in [-0.3, -0.25) is 0 Å². The minimum Gasteiger partial charge on any atom is -0.375 e. The first-order valence-electron chi connectivity index (χ1n) is 5.10. The fourth-order valence-corrected chi connectivity index (χ4v) is 2.10. The fourth-order valence-electron chi connectivity index (χ4n) is 1.52. The number of nitrogen functional groups attached to an aromatic ring is 1. The molecule has 0 aliphatic carbocycles. The first-order valence-corrected chi connectivity index (χ1v) is 5.91. The second-order valence-electron chi connectivity index (χ2n) is 3.95. The van der Waals surface area contributed by atoms with Gasteiger partial charge in [-0.15, -0.1) is 0 Å². The minimum absolute atomic E-state index is 0.264. The third-order valence-electron chi connectivity index (χ3n) is 2.45. The number of aromatic nitrogens is 1. The Hall–Kier alpha value is -1.42. The van der Waals surface area contributed by atoms with E-state index in [0.717, 1.165) is 16.9 Å². The van der Waals surface area contributed by atoms with E-state index < -0.39 is 0 Å². The normalized spacial score (nSPS) is 11.0. The van der Waals surface area contributed by atoms with Gasteiger partial charge >= 0.3 is 0 Å². The summed E-state index contributed by atoms with van der Waals surface area (Å²) in [4.78, 5) is 3.98. The van der Waals surface area contributed by atoms with Gasteiger partial charge in [-0.1, -0.05) is 49.4 Å². The molecule has 0 saturated carbocycles. The van der Waals surface area contributed by atoms with E-state index in [4.69, 9.17) is 5.73 Å². The van der Waals surface area contributed by atoms with Gasteiger partial charge in [0.05, 0.1) is 0 Å². The van der Waals surface area contributed by atoms with Crippen LogP contribution >= 0.6 is 11.3 Å². The number of nitrogens with two attached hydrogens (primary N) is 1. The van der Waals surface area contributed by atoms with Crippen molar-refractivity contribution in [3.05, 3.63) is 35.0 Å². The summed E-state index contributed by atoms with van der Waals surface area (Å²) in [6, 6.07) is 7.75. The summed E-state index contributed by atoms with van der Waals surface area (Å²) in [7, 11) is 0. The van der Waals surface area contributed by atoms with Gasteiger partial charge in [0.2, 0.25) is 5.13 Å². The van der Waals surface area contributed by atoms with Crippen LogP contribution in [0.25, 0.3) is 11.3 Å². The Bertz CT molecular complexity index is 488. The molecule has 0 radical (unpaired) electrons. The van der Waals surface area contributed by atoms with Crippen molar-refractivity contribution in [3.63, 3.8) is 0 Å². The smallest absolute Gasteiger partial charge is 0.206 e. The number of hydrogen-bond donors (Lipinski definition) is 1. The third-order valence-corrected chi connectivity index (χ3v) is 3.13. The lowest BCUT2D eigenvalue weighted by Crippen LogP contribution is -1.88. The first kappa shape index (κ1) is 11.1. The highest BCUT2D eigenvalue weighted by Gasteiger charge is 2.11. The number of thiazole rings is 1. The van der Waals surface area contributed by atoms with E-state index in [2.05, 4.69) is 18.8 Å². The maximum Gasteiger partial charge on any atom is 0.206 e. The Balaban J connectivity index is 2.38. The van der Waals surface area contributed by atoms with Crippen LogP contribution in [-0.2, 0) is 0 Å². The van der Waals surface area contributed by atoms with Crippen molar-refractivity contribution >= 4 is 16.5 Å². The number of hydrogen-bond acceptors (Lipinski definition) is 3. The van der Waals surface area contributed by atoms with E-state index in [0.29, 0.717) is 11.6 Å². The Kier molecular flexibility index (Phi) is 2.92. The van der Waals surface area contributed by atoms with Gasteiger partial charge in [-0.2, -0.15) is 4.39 Å². The molecule has 16 heavy (non-hydrogen) atoms. The minimum atomic E-state index is -0.324. The lowest BCUT2D eigenvalue weighted by molar-refractivity contribution is 0.657. The molecule has 84 valence electrons. The van der Waals surface area contributed by atoms with Crippen LogP contribution in [0.3, 0.4) is 0 Å². The molecule has 4 heteroatoms. The zero-order valence-corrected chi connectivity index (χ0v) is 10.0. The van der Waals surface area contributed by atoms with E-state index in [-0.39, 0.29) is 10.3 Å². The van der Waals surface area contributed by atoms with Crippen molar-refractivity contribution < 1.29 is 4.39 Å². The summed E-state index contributed by atoms with van der Waals surface area (Å²) in [6.07, 6.45) is 0. The number of anilines is 1. The largest absolute Gasteiger partial charge is 0.375 e. The van der Waals surface area contributed by atoms with Crippen molar-refractivity contribution in [2.75, 3.05) is 5.73 Å². The molecule has 0 saturated heterocycles. The molecule has 0 aliphatic rings. The zero-order chi connectivity index (χ0) is 11.7. The summed E-state index contributed by atoms with van der Waals surface area (Å²) in [6.45, 7) is 4.24. The molecular weight excluding hydrogens is 223 g/mol. The van der Waals surface area contributed by atoms with Crippen LogP contribution in [0.1, 0.15) is 25.3 Å². The second kappa shape index (κ2) is 4.22. The average molecular weight is 236 g/mol. The lowest BCUT2D eigenvalue weighted by atomic mass is 10.0. The van der Waals surface area contributed by atoms with E-state index >= 15 is 0 Å². The molecule has 0 unspecified atom stereocenters. The maximum absolute atomic E-state index is 13.4. The van der Waals surface area contributed by atoms with Crippen LogP contribution in [0, 0.1) is 5.13 Å². The SMILES string of the molecule is CC(C)c1ccc(-c2nc(N)sc2F)cc1. The Morgan fingerprint density at radius 1 is 1.25 bits per heavy atom. The summed E-state index contributed by atoms with van der Waals surface area (Å²) >= 11 is 0.875. The van der Waals surface area contributed by atoms with E-state index in [1.165, 1.54) is 5.56 Å². The fraction of sp³-hybridized carbons (Fsp3) is 0.250. The Labute approximate surface area is 97.9 Å². The van der Waals surface area contributed by atoms with Gasteiger partial charge in [0.15, 0.2) is 5.13 Å². The average Bonchev–Trinajstić information content (AvgIpc) is 2.58. The number of benzene rings is 1. The molecule has 2 nitrogen and oxygen atoms in total. The number of nitrogens with zero attached hydrogens (tertiary/aromatic N) is 1. The summed E-state index contributed by atoms with van der Waals surface area (Å²) in [5.74, 6) is 0.472. The molecule has 2 rings (SSSR count). The highest BCUT2D eigenvalue weighted by Crippen LogP contribution is 2.28. The van der Waals surface area contributed by atoms with Crippen molar-refractivity contribution in [2.45, 2.75) is 19.8 Å². The van der Waals surface area contributed by atoms with Crippen LogP contribution in [0.2, 0.25) is 0 Å². The van der Waals surface area contributed by atoms with E-state index in [9.17, 15) is 4.39 Å². The molecule has 1 aromatic carbocycles. The van der Waals surface area contributed by atoms with Gasteiger partial charge in [0.25, 0.3) is 0 Å². The van der Waals surface area contributed by atoms with Crippen LogP contribution in [0.15, 0.2) is 24.3 Å². The highest BCUT2D eigenvalue weighted by molar-refractivity contribution is 7.14. The van der Waals surface area contributed by atoms with Crippen molar-refractivity contribution in [1.82, 2.24) is 4.98 Å². The zero-order valence-electron chi connectivity index (χ0n) is 9.20. The van der Waals surface area contributed by atoms with E-state index in [1.807, 2.05) is 24.3 Å². The van der Waals surface area contributed by atoms with Crippen LogP contribution < -0.4 is 5.73 Å². The third kappa shape index (κ3) is 2.07. The van der Waals surface area contributed by atoms with Crippen molar-refractivity contribution in [1.29, 1.82) is 0 Å². The Morgan fingerprint density at radius 3 is 2.31 bits per heavy atom. The van der Waals surface area contributed by atoms with Crippen molar-refractivity contribution in [3.8, 4) is 11.3 Å². The van der Waals surface area contributed by atoms with Crippen molar-refractivity contribution in [2.24, 2.45) is 0 Å². The molecule has 0 aliphatic heterocycles. The molecule has 2 N–H and O–H groups in total. The van der Waals surface area contributed by atoms with Crippen LogP contribution in [-0.4, -0.2) is 4.98 Å².